The number of nitro groups is 1. The lowest BCUT2D eigenvalue weighted by atomic mass is 10.1. The lowest BCUT2D eigenvalue weighted by Crippen LogP contribution is -2.16. The summed E-state index contributed by atoms with van der Waals surface area (Å²) in [6.07, 6.45) is 0. The fourth-order valence-corrected chi connectivity index (χ4v) is 1.19. The normalized spacial score (nSPS) is 11.4. The first-order valence-corrected chi connectivity index (χ1v) is 3.80. The molecule has 0 heterocycles. The molecule has 3 N–H and O–H groups in total. The van der Waals surface area contributed by atoms with Crippen molar-refractivity contribution in [2.75, 3.05) is 0 Å². The number of aryl methyl sites for hydroxylation is 1. The van der Waals surface area contributed by atoms with Gasteiger partial charge in [0, 0.05) is 6.07 Å². The van der Waals surface area contributed by atoms with E-state index in [0.717, 1.165) is 0 Å². The molecule has 74 valence electrons. The maximum absolute atomic E-state index is 10.6. The van der Waals surface area contributed by atoms with Crippen molar-refractivity contribution >= 4 is 11.5 Å². The van der Waals surface area contributed by atoms with Gasteiger partial charge in [0.15, 0.2) is 5.84 Å². The second-order valence-electron chi connectivity index (χ2n) is 2.71. The Balaban J connectivity index is 3.45. The number of amidine groups is 1. The average Bonchev–Trinajstić information content (AvgIpc) is 2.16. The van der Waals surface area contributed by atoms with E-state index < -0.39 is 4.92 Å². The highest BCUT2D eigenvalue weighted by Crippen LogP contribution is 2.21. The molecule has 0 amide bonds. The van der Waals surface area contributed by atoms with Gasteiger partial charge in [-0.15, -0.1) is 0 Å². The monoisotopic (exact) mass is 195 g/mol. The molecular weight excluding hydrogens is 186 g/mol. The van der Waals surface area contributed by atoms with Crippen LogP contribution in [0.2, 0.25) is 0 Å². The standard InChI is InChI=1S/C8H9N3O3/c1-5-3-2-4-6(11(13)14)7(5)8(9)10-12/h2-4,12H,1H3,(H2,9,10). The Morgan fingerprint density at radius 2 is 2.29 bits per heavy atom. The second-order valence-corrected chi connectivity index (χ2v) is 2.71. The number of nitrogens with two attached hydrogens (primary N) is 1. The molecule has 0 saturated heterocycles. The molecule has 0 bridgehead atoms. The van der Waals surface area contributed by atoms with Gasteiger partial charge >= 0.3 is 0 Å². The third-order valence-corrected chi connectivity index (χ3v) is 1.81. The Hall–Kier alpha value is -2.11. The minimum absolute atomic E-state index is 0.153. The smallest absolute Gasteiger partial charge is 0.280 e. The van der Waals surface area contributed by atoms with Gasteiger partial charge in [-0.05, 0) is 12.5 Å². The number of hydrogen-bond acceptors (Lipinski definition) is 4. The molecule has 0 aliphatic carbocycles. The van der Waals surface area contributed by atoms with Crippen LogP contribution >= 0.6 is 0 Å². The van der Waals surface area contributed by atoms with Crippen LogP contribution in [-0.4, -0.2) is 16.0 Å². The van der Waals surface area contributed by atoms with Crippen molar-refractivity contribution in [1.82, 2.24) is 0 Å². The topological polar surface area (TPSA) is 102 Å². The van der Waals surface area contributed by atoms with E-state index in [9.17, 15) is 10.1 Å². The first-order chi connectivity index (χ1) is 6.57. The van der Waals surface area contributed by atoms with Crippen LogP contribution in [0.15, 0.2) is 23.4 Å². The fourth-order valence-electron chi connectivity index (χ4n) is 1.19. The largest absolute Gasteiger partial charge is 0.409 e. The van der Waals surface area contributed by atoms with Crippen LogP contribution in [0.25, 0.3) is 0 Å². The Bertz CT molecular complexity index is 401. The van der Waals surface area contributed by atoms with E-state index in [-0.39, 0.29) is 17.1 Å². The van der Waals surface area contributed by atoms with E-state index in [2.05, 4.69) is 5.16 Å². The summed E-state index contributed by atoms with van der Waals surface area (Å²) in [6, 6.07) is 4.50. The van der Waals surface area contributed by atoms with Crippen molar-refractivity contribution < 1.29 is 10.1 Å². The number of nitro benzene ring substituents is 1. The second kappa shape index (κ2) is 3.73. The summed E-state index contributed by atoms with van der Waals surface area (Å²) in [7, 11) is 0. The molecule has 0 aliphatic rings. The third kappa shape index (κ3) is 1.63. The first kappa shape index (κ1) is 9.97. The van der Waals surface area contributed by atoms with Crippen molar-refractivity contribution in [3.05, 3.63) is 39.4 Å². The van der Waals surface area contributed by atoms with Gasteiger partial charge in [0.25, 0.3) is 5.69 Å². The molecule has 0 spiro atoms. The molecule has 1 aromatic carbocycles. The molecule has 14 heavy (non-hydrogen) atoms. The van der Waals surface area contributed by atoms with Gasteiger partial charge in [-0.2, -0.15) is 0 Å². The molecule has 0 atom stereocenters. The van der Waals surface area contributed by atoms with Crippen LogP contribution < -0.4 is 5.73 Å². The van der Waals surface area contributed by atoms with Gasteiger partial charge in [-0.3, -0.25) is 10.1 Å². The molecule has 0 radical (unpaired) electrons. The summed E-state index contributed by atoms with van der Waals surface area (Å²) in [5.41, 5.74) is 5.91. The Morgan fingerprint density at radius 3 is 2.79 bits per heavy atom. The zero-order valence-electron chi connectivity index (χ0n) is 7.47. The molecule has 0 saturated carbocycles. The molecule has 6 heteroatoms. The summed E-state index contributed by atoms with van der Waals surface area (Å²) < 4.78 is 0. The van der Waals surface area contributed by atoms with Crippen molar-refractivity contribution in [2.45, 2.75) is 6.92 Å². The van der Waals surface area contributed by atoms with Crippen LogP contribution in [0.4, 0.5) is 5.69 Å². The van der Waals surface area contributed by atoms with Gasteiger partial charge in [-0.25, -0.2) is 0 Å². The van der Waals surface area contributed by atoms with Gasteiger partial charge < -0.3 is 10.9 Å². The lowest BCUT2D eigenvalue weighted by Gasteiger charge is -2.03. The van der Waals surface area contributed by atoms with Gasteiger partial charge in [-0.1, -0.05) is 17.3 Å². The predicted octanol–water partition coefficient (Wildman–Crippen LogP) is 0.998. The van der Waals surface area contributed by atoms with Gasteiger partial charge in [0.05, 0.1) is 4.92 Å². The number of benzene rings is 1. The third-order valence-electron chi connectivity index (χ3n) is 1.81. The van der Waals surface area contributed by atoms with Crippen molar-refractivity contribution in [3.8, 4) is 0 Å². The van der Waals surface area contributed by atoms with E-state index in [1.165, 1.54) is 6.07 Å². The molecule has 1 aromatic rings. The summed E-state index contributed by atoms with van der Waals surface area (Å²) in [4.78, 5) is 10.0. The first-order valence-electron chi connectivity index (χ1n) is 3.80. The van der Waals surface area contributed by atoms with E-state index >= 15 is 0 Å². The molecule has 0 aromatic heterocycles. The zero-order chi connectivity index (χ0) is 10.7. The Morgan fingerprint density at radius 1 is 1.64 bits per heavy atom. The van der Waals surface area contributed by atoms with E-state index in [1.807, 2.05) is 0 Å². The maximum atomic E-state index is 10.6. The van der Waals surface area contributed by atoms with E-state index in [1.54, 1.807) is 19.1 Å². The summed E-state index contributed by atoms with van der Waals surface area (Å²) in [6.45, 7) is 1.65. The molecule has 0 fully saturated rings. The number of nitrogens with zero attached hydrogens (tertiary/aromatic N) is 2. The Kier molecular flexibility index (Phi) is 2.66. The molecule has 6 nitrogen and oxygen atoms in total. The molecule has 0 aliphatic heterocycles. The molecular formula is C8H9N3O3. The van der Waals surface area contributed by atoms with Crippen LogP contribution in [0.5, 0.6) is 0 Å². The molecule has 1 rings (SSSR count). The highest BCUT2D eigenvalue weighted by Gasteiger charge is 2.18. The summed E-state index contributed by atoms with van der Waals surface area (Å²) in [5, 5.41) is 21.8. The summed E-state index contributed by atoms with van der Waals surface area (Å²) >= 11 is 0. The van der Waals surface area contributed by atoms with Crippen molar-refractivity contribution in [2.24, 2.45) is 10.9 Å². The molecule has 0 unspecified atom stereocenters. The van der Waals surface area contributed by atoms with E-state index in [0.29, 0.717) is 5.56 Å². The minimum atomic E-state index is -0.569. The van der Waals surface area contributed by atoms with Crippen molar-refractivity contribution in [3.63, 3.8) is 0 Å². The summed E-state index contributed by atoms with van der Waals surface area (Å²) in [5.74, 6) is -0.255. The highest BCUT2D eigenvalue weighted by atomic mass is 16.6. The predicted molar refractivity (Wildman–Crippen MR) is 50.3 cm³/mol. The number of oxime groups is 1. The number of rotatable bonds is 2. The fraction of sp³-hybridized carbons (Fsp3) is 0.125. The van der Waals surface area contributed by atoms with E-state index in [4.69, 9.17) is 10.9 Å². The minimum Gasteiger partial charge on any atom is -0.409 e. The van der Waals surface area contributed by atoms with Crippen molar-refractivity contribution in [1.29, 1.82) is 0 Å². The van der Waals surface area contributed by atoms with Gasteiger partial charge in [0.1, 0.15) is 5.56 Å². The maximum Gasteiger partial charge on any atom is 0.280 e. The van der Waals surface area contributed by atoms with Crippen LogP contribution in [0.3, 0.4) is 0 Å². The van der Waals surface area contributed by atoms with Crippen LogP contribution in [0, 0.1) is 17.0 Å². The van der Waals surface area contributed by atoms with Gasteiger partial charge in [0.2, 0.25) is 0 Å². The average molecular weight is 195 g/mol. The quantitative estimate of drug-likeness (QED) is 0.241. The highest BCUT2D eigenvalue weighted by molar-refractivity contribution is 6.01. The van der Waals surface area contributed by atoms with Crippen LogP contribution in [0.1, 0.15) is 11.1 Å². The zero-order valence-corrected chi connectivity index (χ0v) is 7.47. The Labute approximate surface area is 79.8 Å². The SMILES string of the molecule is Cc1cccc([N+](=O)[O-])c1/C(N)=N/O. The lowest BCUT2D eigenvalue weighted by molar-refractivity contribution is -0.385. The van der Waals surface area contributed by atoms with Crippen LogP contribution in [-0.2, 0) is 0 Å². The number of hydrogen-bond donors (Lipinski definition) is 2.